The lowest BCUT2D eigenvalue weighted by molar-refractivity contribution is 0.585. The molecule has 5 nitrogen and oxygen atoms in total. The second kappa shape index (κ2) is 5.30. The molecule has 100 valence electrons. The average molecular weight is 322 g/mol. The van der Waals surface area contributed by atoms with Crippen LogP contribution in [0.15, 0.2) is 29.1 Å². The largest absolute Gasteiger partial charge is 0.354 e. The monoisotopic (exact) mass is 321 g/mol. The van der Waals surface area contributed by atoms with Gasteiger partial charge in [-0.05, 0) is 28.1 Å². The predicted molar refractivity (Wildman–Crippen MR) is 79.2 cm³/mol. The Labute approximate surface area is 120 Å². The summed E-state index contributed by atoms with van der Waals surface area (Å²) in [6, 6.07) is 4.16. The van der Waals surface area contributed by atoms with E-state index in [9.17, 15) is 0 Å². The van der Waals surface area contributed by atoms with Crippen LogP contribution >= 0.6 is 15.9 Å². The number of halogens is 1. The molecule has 2 aromatic heterocycles. The third-order valence-corrected chi connectivity index (χ3v) is 3.68. The van der Waals surface area contributed by atoms with Crippen LogP contribution in [0.4, 0.5) is 5.82 Å². The van der Waals surface area contributed by atoms with Crippen LogP contribution in [0.25, 0.3) is 11.4 Å². The number of piperazine rings is 1. The zero-order chi connectivity index (χ0) is 13.2. The van der Waals surface area contributed by atoms with E-state index in [1.54, 1.807) is 0 Å². The lowest BCUT2D eigenvalue weighted by Crippen LogP contribution is -2.43. The molecule has 0 aromatic carbocycles. The van der Waals surface area contributed by atoms with Gasteiger partial charge in [0.15, 0.2) is 0 Å². The quantitative estimate of drug-likeness (QED) is 0.913. The van der Waals surface area contributed by atoms with E-state index >= 15 is 0 Å². The molecule has 3 rings (SSSR count). The Kier molecular flexibility index (Phi) is 3.52. The molecule has 0 spiro atoms. The van der Waals surface area contributed by atoms with E-state index < -0.39 is 0 Å². The maximum atomic E-state index is 4.56. The third kappa shape index (κ3) is 2.64. The van der Waals surface area contributed by atoms with Gasteiger partial charge in [-0.2, -0.15) is 0 Å². The molecular formula is C13H16BrN5. The third-order valence-electron chi connectivity index (χ3n) is 3.29. The van der Waals surface area contributed by atoms with Crippen molar-refractivity contribution in [2.75, 3.05) is 31.1 Å². The first-order chi connectivity index (χ1) is 9.24. The van der Waals surface area contributed by atoms with Gasteiger partial charge in [-0.25, -0.2) is 9.97 Å². The summed E-state index contributed by atoms with van der Waals surface area (Å²) in [5.41, 5.74) is 1.03. The van der Waals surface area contributed by atoms with Crippen molar-refractivity contribution in [3.05, 3.63) is 29.1 Å². The highest BCUT2D eigenvalue weighted by Crippen LogP contribution is 2.22. The summed E-state index contributed by atoms with van der Waals surface area (Å²) in [6.45, 7) is 4.08. The summed E-state index contributed by atoms with van der Waals surface area (Å²) in [7, 11) is 1.98. The van der Waals surface area contributed by atoms with Gasteiger partial charge in [-0.3, -0.25) is 0 Å². The van der Waals surface area contributed by atoms with Crippen molar-refractivity contribution in [3.8, 4) is 11.4 Å². The van der Waals surface area contributed by atoms with Gasteiger partial charge in [0.1, 0.15) is 16.2 Å². The van der Waals surface area contributed by atoms with Crippen molar-refractivity contribution in [3.63, 3.8) is 0 Å². The minimum Gasteiger partial charge on any atom is -0.354 e. The molecule has 0 saturated carbocycles. The molecule has 0 amide bonds. The Morgan fingerprint density at radius 2 is 2.05 bits per heavy atom. The highest BCUT2D eigenvalue weighted by atomic mass is 79.9. The standard InChI is InChI=1S/C13H16BrN5/c1-18-9-11(14)17-13(18)10-2-3-12(16-8-10)19-6-4-15-5-7-19/h2-3,8-9,15H,4-7H2,1H3. The normalized spacial score (nSPS) is 15.8. The van der Waals surface area contributed by atoms with Crippen molar-refractivity contribution >= 4 is 21.7 Å². The molecular weight excluding hydrogens is 306 g/mol. The van der Waals surface area contributed by atoms with Crippen LogP contribution in [0.1, 0.15) is 0 Å². The Balaban J connectivity index is 1.84. The van der Waals surface area contributed by atoms with Gasteiger partial charge < -0.3 is 14.8 Å². The zero-order valence-electron chi connectivity index (χ0n) is 10.8. The van der Waals surface area contributed by atoms with E-state index in [4.69, 9.17) is 0 Å². The van der Waals surface area contributed by atoms with Crippen molar-refractivity contribution in [1.82, 2.24) is 19.9 Å². The fourth-order valence-corrected chi connectivity index (χ4v) is 2.77. The Morgan fingerprint density at radius 3 is 2.63 bits per heavy atom. The molecule has 1 aliphatic heterocycles. The molecule has 3 heterocycles. The van der Waals surface area contributed by atoms with Crippen molar-refractivity contribution in [2.24, 2.45) is 7.05 Å². The maximum absolute atomic E-state index is 4.56. The van der Waals surface area contributed by atoms with Crippen LogP contribution < -0.4 is 10.2 Å². The summed E-state index contributed by atoms with van der Waals surface area (Å²) in [5.74, 6) is 1.96. The number of anilines is 1. The minimum absolute atomic E-state index is 0.844. The molecule has 1 aliphatic rings. The predicted octanol–water partition coefficient (Wildman–Crippen LogP) is 1.65. The fraction of sp³-hybridized carbons (Fsp3) is 0.385. The highest BCUT2D eigenvalue weighted by Gasteiger charge is 2.12. The topological polar surface area (TPSA) is 46.0 Å². The molecule has 1 fully saturated rings. The van der Waals surface area contributed by atoms with Crippen LogP contribution in [0.2, 0.25) is 0 Å². The van der Waals surface area contributed by atoms with Crippen LogP contribution in [-0.2, 0) is 7.05 Å². The number of pyridine rings is 1. The number of rotatable bonds is 2. The van der Waals surface area contributed by atoms with Gasteiger partial charge in [0.25, 0.3) is 0 Å². The number of hydrogen-bond donors (Lipinski definition) is 1. The Hall–Kier alpha value is -1.40. The second-order valence-electron chi connectivity index (χ2n) is 4.64. The first-order valence-corrected chi connectivity index (χ1v) is 7.14. The molecule has 6 heteroatoms. The number of nitrogens with zero attached hydrogens (tertiary/aromatic N) is 4. The van der Waals surface area contributed by atoms with E-state index in [1.807, 2.05) is 24.0 Å². The first-order valence-electron chi connectivity index (χ1n) is 6.35. The van der Waals surface area contributed by atoms with E-state index in [2.05, 4.69) is 48.2 Å². The van der Waals surface area contributed by atoms with E-state index in [0.717, 1.165) is 48.0 Å². The Morgan fingerprint density at radius 1 is 1.26 bits per heavy atom. The molecule has 0 aliphatic carbocycles. The molecule has 2 aromatic rings. The fourth-order valence-electron chi connectivity index (χ4n) is 2.30. The van der Waals surface area contributed by atoms with Gasteiger partial charge in [0.05, 0.1) is 0 Å². The molecule has 1 N–H and O–H groups in total. The molecule has 0 atom stereocenters. The SMILES string of the molecule is Cn1cc(Br)nc1-c1ccc(N2CCNCC2)nc1. The number of aromatic nitrogens is 3. The molecule has 0 radical (unpaired) electrons. The lowest BCUT2D eigenvalue weighted by Gasteiger charge is -2.28. The summed E-state index contributed by atoms with van der Waals surface area (Å²) in [6.07, 6.45) is 3.84. The molecule has 0 unspecified atom stereocenters. The van der Waals surface area contributed by atoms with Crippen molar-refractivity contribution in [1.29, 1.82) is 0 Å². The number of hydrogen-bond acceptors (Lipinski definition) is 4. The molecule has 0 bridgehead atoms. The van der Waals surface area contributed by atoms with Gasteiger partial charge in [-0.1, -0.05) is 0 Å². The van der Waals surface area contributed by atoms with Crippen LogP contribution in [0.5, 0.6) is 0 Å². The van der Waals surface area contributed by atoms with Gasteiger partial charge in [0, 0.05) is 51.2 Å². The average Bonchev–Trinajstić information content (AvgIpc) is 2.79. The second-order valence-corrected chi connectivity index (χ2v) is 5.45. The number of aryl methyl sites for hydroxylation is 1. The summed E-state index contributed by atoms with van der Waals surface area (Å²) in [5, 5.41) is 3.34. The van der Waals surface area contributed by atoms with Crippen LogP contribution in [-0.4, -0.2) is 40.7 Å². The lowest BCUT2D eigenvalue weighted by atomic mass is 10.2. The summed E-state index contributed by atoms with van der Waals surface area (Å²) in [4.78, 5) is 11.3. The Bertz CT molecular complexity index is 557. The zero-order valence-corrected chi connectivity index (χ0v) is 12.4. The minimum atomic E-state index is 0.844. The smallest absolute Gasteiger partial charge is 0.142 e. The van der Waals surface area contributed by atoms with E-state index in [0.29, 0.717) is 0 Å². The van der Waals surface area contributed by atoms with E-state index in [-0.39, 0.29) is 0 Å². The molecule has 19 heavy (non-hydrogen) atoms. The van der Waals surface area contributed by atoms with Crippen LogP contribution in [0, 0.1) is 0 Å². The van der Waals surface area contributed by atoms with Crippen LogP contribution in [0.3, 0.4) is 0 Å². The highest BCUT2D eigenvalue weighted by molar-refractivity contribution is 9.10. The first kappa shape index (κ1) is 12.6. The van der Waals surface area contributed by atoms with Crippen molar-refractivity contribution in [2.45, 2.75) is 0 Å². The van der Waals surface area contributed by atoms with E-state index in [1.165, 1.54) is 0 Å². The maximum Gasteiger partial charge on any atom is 0.142 e. The number of nitrogens with one attached hydrogen (secondary N) is 1. The summed E-state index contributed by atoms with van der Waals surface area (Å²) >= 11 is 3.39. The number of imidazole rings is 1. The van der Waals surface area contributed by atoms with Gasteiger partial charge >= 0.3 is 0 Å². The van der Waals surface area contributed by atoms with Crippen molar-refractivity contribution < 1.29 is 0 Å². The van der Waals surface area contributed by atoms with Gasteiger partial charge in [-0.15, -0.1) is 0 Å². The summed E-state index contributed by atoms with van der Waals surface area (Å²) < 4.78 is 2.84. The molecule has 1 saturated heterocycles. The van der Waals surface area contributed by atoms with Gasteiger partial charge in [0.2, 0.25) is 0 Å².